The van der Waals surface area contributed by atoms with Crippen LogP contribution in [0.2, 0.25) is 0 Å². The second kappa shape index (κ2) is 6.43. The fraction of sp³-hybridized carbons (Fsp3) is 0.375. The quantitative estimate of drug-likeness (QED) is 0.887. The van der Waals surface area contributed by atoms with Crippen molar-refractivity contribution in [3.63, 3.8) is 0 Å². The standard InChI is InChI=1S/C16H20N2O3/c1-4-13-9-14(18(5-2)17-13)10-21-15-8-12(16(19)20)7-6-11(15)3/h6-9H,4-5,10H2,1-3H3,(H,19,20). The molecule has 1 heterocycles. The van der Waals surface area contributed by atoms with Gasteiger partial charge < -0.3 is 9.84 Å². The first-order chi connectivity index (χ1) is 10.0. The van der Waals surface area contributed by atoms with Crippen LogP contribution in [0.4, 0.5) is 0 Å². The first-order valence-electron chi connectivity index (χ1n) is 7.07. The van der Waals surface area contributed by atoms with Crippen molar-refractivity contribution in [3.05, 3.63) is 46.8 Å². The van der Waals surface area contributed by atoms with E-state index in [1.54, 1.807) is 18.2 Å². The summed E-state index contributed by atoms with van der Waals surface area (Å²) in [5.74, 6) is -0.358. The Morgan fingerprint density at radius 1 is 1.33 bits per heavy atom. The zero-order valence-electron chi connectivity index (χ0n) is 12.6. The third-order valence-corrected chi connectivity index (χ3v) is 3.39. The number of aryl methyl sites for hydroxylation is 3. The van der Waals surface area contributed by atoms with Crippen molar-refractivity contribution in [2.24, 2.45) is 0 Å². The number of carbonyl (C=O) groups is 1. The lowest BCUT2D eigenvalue weighted by Gasteiger charge is -2.10. The number of carboxylic acids is 1. The molecule has 0 aliphatic rings. The zero-order chi connectivity index (χ0) is 15.4. The maximum atomic E-state index is 11.0. The number of benzene rings is 1. The Kier molecular flexibility index (Phi) is 4.62. The summed E-state index contributed by atoms with van der Waals surface area (Å²) in [5, 5.41) is 13.5. The van der Waals surface area contributed by atoms with Crippen molar-refractivity contribution in [2.75, 3.05) is 0 Å². The van der Waals surface area contributed by atoms with Crippen molar-refractivity contribution in [1.82, 2.24) is 9.78 Å². The van der Waals surface area contributed by atoms with Crippen molar-refractivity contribution in [2.45, 2.75) is 40.3 Å². The molecule has 2 rings (SSSR count). The summed E-state index contributed by atoms with van der Waals surface area (Å²) in [6, 6.07) is 6.92. The molecule has 5 nitrogen and oxygen atoms in total. The van der Waals surface area contributed by atoms with Crippen LogP contribution in [0.15, 0.2) is 24.3 Å². The van der Waals surface area contributed by atoms with Crippen LogP contribution in [-0.2, 0) is 19.6 Å². The number of aromatic carboxylic acids is 1. The molecule has 1 N–H and O–H groups in total. The Bertz CT molecular complexity index is 647. The molecule has 0 aliphatic heterocycles. The van der Waals surface area contributed by atoms with Crippen LogP contribution in [0.3, 0.4) is 0 Å². The van der Waals surface area contributed by atoms with Gasteiger partial charge in [0, 0.05) is 6.54 Å². The minimum atomic E-state index is -0.952. The zero-order valence-corrected chi connectivity index (χ0v) is 12.6. The van der Waals surface area contributed by atoms with Gasteiger partial charge in [-0.2, -0.15) is 5.10 Å². The van der Waals surface area contributed by atoms with Crippen LogP contribution in [-0.4, -0.2) is 20.9 Å². The number of carboxylic acid groups (broad SMARTS) is 1. The minimum absolute atomic E-state index is 0.230. The number of hydrogen-bond acceptors (Lipinski definition) is 3. The van der Waals surface area contributed by atoms with Gasteiger partial charge >= 0.3 is 5.97 Å². The summed E-state index contributed by atoms with van der Waals surface area (Å²) in [5.41, 5.74) is 3.17. The number of aromatic nitrogens is 2. The van der Waals surface area contributed by atoms with Gasteiger partial charge in [0.25, 0.3) is 0 Å². The van der Waals surface area contributed by atoms with Crippen molar-refractivity contribution in [1.29, 1.82) is 0 Å². The van der Waals surface area contributed by atoms with E-state index in [9.17, 15) is 4.79 Å². The van der Waals surface area contributed by atoms with Crippen molar-refractivity contribution >= 4 is 5.97 Å². The Morgan fingerprint density at radius 2 is 2.10 bits per heavy atom. The smallest absolute Gasteiger partial charge is 0.335 e. The topological polar surface area (TPSA) is 64.3 Å². The van der Waals surface area contributed by atoms with E-state index in [2.05, 4.69) is 12.0 Å². The number of nitrogens with zero attached hydrogens (tertiary/aromatic N) is 2. The molecule has 112 valence electrons. The third kappa shape index (κ3) is 3.42. The van der Waals surface area contributed by atoms with Crippen LogP contribution in [0.25, 0.3) is 0 Å². The largest absolute Gasteiger partial charge is 0.487 e. The highest BCUT2D eigenvalue weighted by atomic mass is 16.5. The van der Waals surface area contributed by atoms with Gasteiger partial charge in [0.05, 0.1) is 17.0 Å². The maximum Gasteiger partial charge on any atom is 0.335 e. The predicted molar refractivity (Wildman–Crippen MR) is 79.7 cm³/mol. The summed E-state index contributed by atoms with van der Waals surface area (Å²) in [7, 11) is 0. The number of rotatable bonds is 6. The Hall–Kier alpha value is -2.30. The third-order valence-electron chi connectivity index (χ3n) is 3.39. The van der Waals surface area contributed by atoms with E-state index >= 15 is 0 Å². The monoisotopic (exact) mass is 288 g/mol. The van der Waals surface area contributed by atoms with Crippen molar-refractivity contribution in [3.8, 4) is 5.75 Å². The Labute approximate surface area is 124 Å². The molecule has 5 heteroatoms. The van der Waals surface area contributed by atoms with E-state index in [1.165, 1.54) is 0 Å². The minimum Gasteiger partial charge on any atom is -0.487 e. The first kappa shape index (κ1) is 15.1. The van der Waals surface area contributed by atoms with E-state index < -0.39 is 5.97 Å². The van der Waals surface area contributed by atoms with Gasteiger partial charge in [-0.15, -0.1) is 0 Å². The molecule has 0 saturated carbocycles. The molecule has 21 heavy (non-hydrogen) atoms. The molecular formula is C16H20N2O3. The summed E-state index contributed by atoms with van der Waals surface area (Å²) in [6.45, 7) is 7.16. The molecule has 2 aromatic rings. The molecule has 0 atom stereocenters. The average molecular weight is 288 g/mol. The molecular weight excluding hydrogens is 268 g/mol. The summed E-state index contributed by atoms with van der Waals surface area (Å²) in [4.78, 5) is 11.0. The van der Waals surface area contributed by atoms with Crippen LogP contribution < -0.4 is 4.74 Å². The number of hydrogen-bond donors (Lipinski definition) is 1. The summed E-state index contributed by atoms with van der Waals surface area (Å²) in [6.07, 6.45) is 0.882. The van der Waals surface area contributed by atoms with Crippen LogP contribution in [0.1, 0.15) is 41.2 Å². The van der Waals surface area contributed by atoms with Gasteiger partial charge in [-0.25, -0.2) is 4.79 Å². The van der Waals surface area contributed by atoms with Gasteiger partial charge in [-0.1, -0.05) is 13.0 Å². The van der Waals surface area contributed by atoms with Crippen LogP contribution in [0.5, 0.6) is 5.75 Å². The fourth-order valence-corrected chi connectivity index (χ4v) is 2.12. The van der Waals surface area contributed by atoms with E-state index in [0.717, 1.165) is 29.9 Å². The van der Waals surface area contributed by atoms with Gasteiger partial charge in [0.15, 0.2) is 0 Å². The molecule has 0 amide bonds. The van der Waals surface area contributed by atoms with E-state index in [-0.39, 0.29) is 5.56 Å². The molecule has 1 aromatic carbocycles. The van der Waals surface area contributed by atoms with Gasteiger partial charge in [-0.05, 0) is 44.0 Å². The van der Waals surface area contributed by atoms with Gasteiger partial charge in [0.1, 0.15) is 12.4 Å². The second-order valence-electron chi connectivity index (χ2n) is 4.87. The normalized spacial score (nSPS) is 10.6. The molecule has 0 fully saturated rings. The lowest BCUT2D eigenvalue weighted by atomic mass is 10.1. The fourth-order valence-electron chi connectivity index (χ4n) is 2.12. The molecule has 0 saturated heterocycles. The highest BCUT2D eigenvalue weighted by Gasteiger charge is 2.10. The summed E-state index contributed by atoms with van der Waals surface area (Å²) >= 11 is 0. The average Bonchev–Trinajstić information content (AvgIpc) is 2.88. The van der Waals surface area contributed by atoms with Crippen LogP contribution >= 0.6 is 0 Å². The molecule has 0 spiro atoms. The number of ether oxygens (including phenoxy) is 1. The van der Waals surface area contributed by atoms with E-state index in [4.69, 9.17) is 9.84 Å². The van der Waals surface area contributed by atoms with Gasteiger partial charge in [0.2, 0.25) is 0 Å². The SMILES string of the molecule is CCc1cc(COc2cc(C(=O)O)ccc2C)n(CC)n1. The maximum absolute atomic E-state index is 11.0. The predicted octanol–water partition coefficient (Wildman–Crippen LogP) is 3.05. The lowest BCUT2D eigenvalue weighted by molar-refractivity contribution is 0.0696. The summed E-state index contributed by atoms with van der Waals surface area (Å²) < 4.78 is 7.70. The van der Waals surface area contributed by atoms with E-state index in [1.807, 2.05) is 24.6 Å². The first-order valence-corrected chi connectivity index (χ1v) is 7.07. The van der Waals surface area contributed by atoms with Gasteiger partial charge in [-0.3, -0.25) is 4.68 Å². The van der Waals surface area contributed by atoms with Crippen LogP contribution in [0, 0.1) is 6.92 Å². The molecule has 1 aromatic heterocycles. The van der Waals surface area contributed by atoms with Crippen molar-refractivity contribution < 1.29 is 14.6 Å². The Morgan fingerprint density at radius 3 is 2.71 bits per heavy atom. The molecule has 0 unspecified atom stereocenters. The second-order valence-corrected chi connectivity index (χ2v) is 4.87. The molecule has 0 bridgehead atoms. The highest BCUT2D eigenvalue weighted by Crippen LogP contribution is 2.21. The molecule has 0 radical (unpaired) electrons. The molecule has 0 aliphatic carbocycles. The highest BCUT2D eigenvalue weighted by molar-refractivity contribution is 5.88. The van der Waals surface area contributed by atoms with E-state index in [0.29, 0.717) is 12.4 Å². The Balaban J connectivity index is 2.18. The lowest BCUT2D eigenvalue weighted by Crippen LogP contribution is -2.07.